The molecule has 1 amide bonds. The lowest BCUT2D eigenvalue weighted by atomic mass is 10.1. The Morgan fingerprint density at radius 1 is 1.03 bits per heavy atom. The minimum absolute atomic E-state index is 0.223. The van der Waals surface area contributed by atoms with Gasteiger partial charge in [-0.2, -0.15) is 4.31 Å². The molecule has 2 aliphatic rings. The van der Waals surface area contributed by atoms with Gasteiger partial charge in [0, 0.05) is 35.5 Å². The summed E-state index contributed by atoms with van der Waals surface area (Å²) in [6, 6.07) is 14.3. The number of carbonyl (C=O) groups excluding carboxylic acids is 1. The van der Waals surface area contributed by atoms with E-state index >= 15 is 0 Å². The number of anilines is 1. The molecular weight excluding hydrogens is 406 g/mol. The fourth-order valence-corrected chi connectivity index (χ4v) is 6.35. The van der Waals surface area contributed by atoms with Gasteiger partial charge in [0.05, 0.1) is 10.6 Å². The number of thiazole rings is 1. The van der Waals surface area contributed by atoms with Crippen LogP contribution < -0.4 is 5.32 Å². The molecule has 3 aromatic rings. The lowest BCUT2D eigenvalue weighted by Gasteiger charge is -2.15. The number of nitrogens with zero attached hydrogens (tertiary/aromatic N) is 2. The smallest absolute Gasteiger partial charge is 0.257 e. The van der Waals surface area contributed by atoms with Gasteiger partial charge in [-0.3, -0.25) is 10.1 Å². The molecule has 0 spiro atoms. The van der Waals surface area contributed by atoms with Crippen LogP contribution in [0.4, 0.5) is 5.13 Å². The highest BCUT2D eigenvalue weighted by atomic mass is 32.2. The number of sulfonamides is 1. The van der Waals surface area contributed by atoms with Crippen LogP contribution in [0.2, 0.25) is 0 Å². The first kappa shape index (κ1) is 18.5. The van der Waals surface area contributed by atoms with Crippen molar-refractivity contribution in [2.75, 3.05) is 18.4 Å². The highest BCUT2D eigenvalue weighted by Crippen LogP contribution is 2.40. The summed E-state index contributed by atoms with van der Waals surface area (Å²) in [6.07, 6.45) is 2.62. The van der Waals surface area contributed by atoms with Crippen molar-refractivity contribution in [3.05, 3.63) is 64.5 Å². The second kappa shape index (κ2) is 7.05. The molecule has 2 aromatic carbocycles. The molecule has 0 atom stereocenters. The van der Waals surface area contributed by atoms with Crippen LogP contribution >= 0.6 is 11.3 Å². The summed E-state index contributed by atoms with van der Waals surface area (Å²) in [7, 11) is -3.48. The summed E-state index contributed by atoms with van der Waals surface area (Å²) in [6.45, 7) is 1.12. The third-order valence-corrected chi connectivity index (χ3v) is 8.24. The summed E-state index contributed by atoms with van der Waals surface area (Å²) in [5.74, 6) is -0.296. The Hall–Kier alpha value is -2.55. The Morgan fingerprint density at radius 2 is 1.76 bits per heavy atom. The zero-order valence-corrected chi connectivity index (χ0v) is 17.2. The van der Waals surface area contributed by atoms with Gasteiger partial charge in [0.25, 0.3) is 5.91 Å². The highest BCUT2D eigenvalue weighted by Gasteiger charge is 2.27. The minimum atomic E-state index is -3.48. The molecule has 0 bridgehead atoms. The van der Waals surface area contributed by atoms with Crippen LogP contribution in [-0.4, -0.2) is 36.7 Å². The van der Waals surface area contributed by atoms with Gasteiger partial charge >= 0.3 is 0 Å². The maximum atomic E-state index is 12.6. The summed E-state index contributed by atoms with van der Waals surface area (Å²) >= 11 is 1.48. The summed E-state index contributed by atoms with van der Waals surface area (Å²) in [4.78, 5) is 18.6. The summed E-state index contributed by atoms with van der Waals surface area (Å²) in [5.41, 5.74) is 3.72. The molecule has 1 aromatic heterocycles. The van der Waals surface area contributed by atoms with Crippen LogP contribution in [0.5, 0.6) is 0 Å². The number of hydrogen-bond acceptors (Lipinski definition) is 5. The topological polar surface area (TPSA) is 79.4 Å². The van der Waals surface area contributed by atoms with Crippen LogP contribution in [0.25, 0.3) is 11.3 Å². The van der Waals surface area contributed by atoms with E-state index in [1.165, 1.54) is 33.3 Å². The van der Waals surface area contributed by atoms with E-state index in [1.807, 2.05) is 18.2 Å². The Labute approximate surface area is 173 Å². The van der Waals surface area contributed by atoms with E-state index in [0.29, 0.717) is 23.8 Å². The first-order valence-corrected chi connectivity index (χ1v) is 11.8. The summed E-state index contributed by atoms with van der Waals surface area (Å²) in [5, 5.41) is 3.40. The molecule has 148 valence electrons. The second-order valence-corrected chi connectivity index (χ2v) is 10.2. The molecule has 1 aliphatic carbocycles. The van der Waals surface area contributed by atoms with E-state index in [1.54, 1.807) is 12.1 Å². The van der Waals surface area contributed by atoms with Gasteiger partial charge < -0.3 is 0 Å². The molecule has 0 saturated carbocycles. The van der Waals surface area contributed by atoms with Crippen molar-refractivity contribution in [1.29, 1.82) is 0 Å². The lowest BCUT2D eigenvalue weighted by molar-refractivity contribution is 0.102. The number of hydrogen-bond donors (Lipinski definition) is 1. The van der Waals surface area contributed by atoms with E-state index in [-0.39, 0.29) is 10.8 Å². The third-order valence-electron chi connectivity index (χ3n) is 5.36. The maximum absolute atomic E-state index is 12.6. The molecule has 29 heavy (non-hydrogen) atoms. The molecular formula is C21H19N3O3S2. The molecule has 1 fully saturated rings. The van der Waals surface area contributed by atoms with Gasteiger partial charge in [0.15, 0.2) is 5.13 Å². The van der Waals surface area contributed by atoms with Crippen molar-refractivity contribution in [3.8, 4) is 11.3 Å². The normalized spacial score (nSPS) is 15.9. The summed E-state index contributed by atoms with van der Waals surface area (Å²) < 4.78 is 26.7. The Kier molecular flexibility index (Phi) is 4.49. The Bertz CT molecular complexity index is 1190. The van der Waals surface area contributed by atoms with Crippen molar-refractivity contribution >= 4 is 32.4 Å². The fraction of sp³-hybridized carbons (Fsp3) is 0.238. The van der Waals surface area contributed by atoms with E-state index in [2.05, 4.69) is 16.4 Å². The van der Waals surface area contributed by atoms with E-state index in [4.69, 9.17) is 0 Å². The monoisotopic (exact) mass is 425 g/mol. The van der Waals surface area contributed by atoms with Crippen molar-refractivity contribution in [2.45, 2.75) is 24.2 Å². The van der Waals surface area contributed by atoms with Crippen molar-refractivity contribution in [2.24, 2.45) is 0 Å². The predicted molar refractivity (Wildman–Crippen MR) is 113 cm³/mol. The van der Waals surface area contributed by atoms with Gasteiger partial charge in [-0.25, -0.2) is 13.4 Å². The number of benzene rings is 2. The van der Waals surface area contributed by atoms with Crippen molar-refractivity contribution < 1.29 is 13.2 Å². The highest BCUT2D eigenvalue weighted by molar-refractivity contribution is 7.89. The number of rotatable bonds is 4. The molecule has 1 aliphatic heterocycles. The van der Waals surface area contributed by atoms with Gasteiger partial charge in [-0.05, 0) is 42.7 Å². The van der Waals surface area contributed by atoms with Gasteiger partial charge in [0.2, 0.25) is 10.0 Å². The molecule has 8 heteroatoms. The van der Waals surface area contributed by atoms with Crippen LogP contribution in [0.3, 0.4) is 0 Å². The Balaban J connectivity index is 1.32. The van der Waals surface area contributed by atoms with Crippen LogP contribution in [0, 0.1) is 0 Å². The first-order chi connectivity index (χ1) is 14.0. The molecule has 0 radical (unpaired) electrons. The van der Waals surface area contributed by atoms with E-state index < -0.39 is 10.0 Å². The third kappa shape index (κ3) is 3.27. The number of aromatic nitrogens is 1. The standard InChI is InChI=1S/C21H19N3O3S2/c25-20(14-7-9-16(10-8-14)29(26,27)24-11-3-4-12-24)23-21-22-19-17-6-2-1-5-15(17)13-18(19)28-21/h1-2,5-10H,3-4,11-13H2,(H,22,23,25). The molecule has 6 nitrogen and oxygen atoms in total. The quantitative estimate of drug-likeness (QED) is 0.540. The van der Waals surface area contributed by atoms with Crippen molar-refractivity contribution in [1.82, 2.24) is 9.29 Å². The molecule has 1 N–H and O–H groups in total. The molecule has 0 unspecified atom stereocenters. The zero-order chi connectivity index (χ0) is 20.0. The average molecular weight is 426 g/mol. The zero-order valence-electron chi connectivity index (χ0n) is 15.6. The molecule has 1 saturated heterocycles. The predicted octanol–water partition coefficient (Wildman–Crippen LogP) is 3.75. The number of fused-ring (bicyclic) bond motifs is 3. The average Bonchev–Trinajstić information content (AvgIpc) is 3.44. The molecule has 5 rings (SSSR count). The van der Waals surface area contributed by atoms with Crippen LogP contribution in [-0.2, 0) is 16.4 Å². The SMILES string of the molecule is O=C(Nc1nc2c(s1)Cc1ccccc1-2)c1ccc(S(=O)(=O)N2CCCC2)cc1. The van der Waals surface area contributed by atoms with E-state index in [9.17, 15) is 13.2 Å². The van der Waals surface area contributed by atoms with Gasteiger partial charge in [-0.15, -0.1) is 11.3 Å². The largest absolute Gasteiger partial charge is 0.298 e. The van der Waals surface area contributed by atoms with Crippen LogP contribution in [0.1, 0.15) is 33.6 Å². The fourth-order valence-electron chi connectivity index (χ4n) is 3.84. The second-order valence-electron chi connectivity index (χ2n) is 7.21. The number of nitrogens with one attached hydrogen (secondary N) is 1. The number of carbonyl (C=O) groups is 1. The Morgan fingerprint density at radius 3 is 2.52 bits per heavy atom. The lowest BCUT2D eigenvalue weighted by Crippen LogP contribution is -2.27. The van der Waals surface area contributed by atoms with Gasteiger partial charge in [0.1, 0.15) is 0 Å². The van der Waals surface area contributed by atoms with E-state index in [0.717, 1.165) is 35.4 Å². The maximum Gasteiger partial charge on any atom is 0.257 e. The minimum Gasteiger partial charge on any atom is -0.298 e. The van der Waals surface area contributed by atoms with Crippen LogP contribution in [0.15, 0.2) is 53.4 Å². The molecule has 2 heterocycles. The first-order valence-electron chi connectivity index (χ1n) is 9.52. The van der Waals surface area contributed by atoms with Gasteiger partial charge in [-0.1, -0.05) is 24.3 Å². The van der Waals surface area contributed by atoms with Crippen molar-refractivity contribution in [3.63, 3.8) is 0 Å². The number of amides is 1.